The van der Waals surface area contributed by atoms with E-state index < -0.39 is 0 Å². The highest BCUT2D eigenvalue weighted by Crippen LogP contribution is 2.12. The molecule has 0 bridgehead atoms. The molecule has 0 amide bonds. The van der Waals surface area contributed by atoms with E-state index in [1.54, 1.807) is 7.11 Å². The van der Waals surface area contributed by atoms with Crippen LogP contribution in [0.4, 0.5) is 0 Å². The fraction of sp³-hybridized carbons (Fsp3) is 0.556. The molecule has 1 unspecified atom stereocenters. The topological polar surface area (TPSA) is 26.2 Å². The molecule has 0 aliphatic rings. The van der Waals surface area contributed by atoms with E-state index in [-0.39, 0.29) is 0 Å². The van der Waals surface area contributed by atoms with Crippen molar-refractivity contribution in [2.75, 3.05) is 14.2 Å². The smallest absolute Gasteiger partial charge is 0.122 e. The van der Waals surface area contributed by atoms with Gasteiger partial charge in [-0.3, -0.25) is 0 Å². The Hall–Kier alpha value is -0.800. The van der Waals surface area contributed by atoms with Crippen LogP contribution in [0.25, 0.3) is 0 Å². The molecular weight excluding hydrogens is 152 g/mol. The average Bonchev–Trinajstić information content (AvgIpc) is 2.52. The second kappa shape index (κ2) is 4.28. The molecule has 0 saturated carbocycles. The van der Waals surface area contributed by atoms with Crippen molar-refractivity contribution in [3.8, 4) is 0 Å². The Labute approximate surface area is 73.3 Å². The molecule has 0 aromatic carbocycles. The molecule has 0 saturated heterocycles. The lowest BCUT2D eigenvalue weighted by Gasteiger charge is -2.13. The van der Waals surface area contributed by atoms with Crippen LogP contribution in [0.1, 0.15) is 18.7 Å². The van der Waals surface area contributed by atoms with E-state index in [9.17, 15) is 0 Å². The quantitative estimate of drug-likeness (QED) is 0.735. The third-order valence-electron chi connectivity index (χ3n) is 2.01. The number of ether oxygens (including phenoxy) is 1. The van der Waals surface area contributed by atoms with Crippen LogP contribution in [-0.2, 0) is 11.5 Å². The van der Waals surface area contributed by atoms with E-state index in [1.165, 1.54) is 5.69 Å². The summed E-state index contributed by atoms with van der Waals surface area (Å²) in [4.78, 5) is 0. The van der Waals surface area contributed by atoms with Crippen molar-refractivity contribution in [2.24, 2.45) is 0 Å². The molecule has 0 aliphatic heterocycles. The second-order valence-electron chi connectivity index (χ2n) is 2.83. The van der Waals surface area contributed by atoms with Gasteiger partial charge in [-0.25, -0.2) is 0 Å². The van der Waals surface area contributed by atoms with Gasteiger partial charge in [-0.05, 0) is 26.1 Å². The first-order chi connectivity index (χ1) is 5.79. The molecule has 3 heteroatoms. The normalized spacial score (nSPS) is 13.2. The van der Waals surface area contributed by atoms with E-state index in [0.29, 0.717) is 12.8 Å². The largest absolute Gasteiger partial charge is 0.364 e. The molecule has 12 heavy (non-hydrogen) atoms. The first-order valence-corrected chi connectivity index (χ1v) is 4.10. The second-order valence-corrected chi connectivity index (χ2v) is 2.83. The molecule has 1 rings (SSSR count). The Balaban J connectivity index is 2.76. The Kier molecular flexibility index (Phi) is 3.31. The lowest BCUT2D eigenvalue weighted by molar-refractivity contribution is 0.128. The summed E-state index contributed by atoms with van der Waals surface area (Å²) in [6, 6.07) is 4.50. The summed E-state index contributed by atoms with van der Waals surface area (Å²) in [5.74, 6) is 0. The third kappa shape index (κ3) is 1.87. The summed E-state index contributed by atoms with van der Waals surface area (Å²) < 4.78 is 7.14. The van der Waals surface area contributed by atoms with Gasteiger partial charge < -0.3 is 14.6 Å². The highest BCUT2D eigenvalue weighted by molar-refractivity contribution is 5.10. The number of hydrogen-bond donors (Lipinski definition) is 1. The molecule has 68 valence electrons. The molecule has 1 N–H and O–H groups in total. The summed E-state index contributed by atoms with van der Waals surface area (Å²) in [5, 5.41) is 3.19. The number of methoxy groups -OCH3 is 1. The average molecular weight is 168 g/mol. The molecule has 0 spiro atoms. The summed E-state index contributed by atoms with van der Waals surface area (Å²) in [6.07, 6.45) is 2.02. The zero-order chi connectivity index (χ0) is 8.97. The lowest BCUT2D eigenvalue weighted by Crippen LogP contribution is -2.16. The minimum Gasteiger partial charge on any atom is -0.364 e. The van der Waals surface area contributed by atoms with Gasteiger partial charge in [0.15, 0.2) is 0 Å². The van der Waals surface area contributed by atoms with Gasteiger partial charge in [0.2, 0.25) is 0 Å². The van der Waals surface area contributed by atoms with Crippen LogP contribution in [0.2, 0.25) is 0 Å². The molecule has 0 fully saturated rings. The maximum atomic E-state index is 5.06. The van der Waals surface area contributed by atoms with Crippen molar-refractivity contribution in [2.45, 2.75) is 19.7 Å². The summed E-state index contributed by atoms with van der Waals surface area (Å²) in [7, 11) is 3.66. The van der Waals surface area contributed by atoms with E-state index >= 15 is 0 Å². The predicted molar refractivity (Wildman–Crippen MR) is 48.9 cm³/mol. The van der Waals surface area contributed by atoms with Gasteiger partial charge in [0.05, 0.1) is 0 Å². The summed E-state index contributed by atoms with van der Waals surface area (Å²) in [5.41, 5.74) is 1.25. The number of aromatic nitrogens is 1. The van der Waals surface area contributed by atoms with Gasteiger partial charge in [0.1, 0.15) is 6.73 Å². The zero-order valence-electron chi connectivity index (χ0n) is 7.87. The van der Waals surface area contributed by atoms with Crippen molar-refractivity contribution in [3.63, 3.8) is 0 Å². The first kappa shape index (κ1) is 9.29. The maximum absolute atomic E-state index is 5.06. The van der Waals surface area contributed by atoms with Crippen LogP contribution in [0.3, 0.4) is 0 Å². The van der Waals surface area contributed by atoms with Crippen LogP contribution >= 0.6 is 0 Å². The van der Waals surface area contributed by atoms with Crippen LogP contribution in [0.5, 0.6) is 0 Å². The summed E-state index contributed by atoms with van der Waals surface area (Å²) in [6.45, 7) is 2.75. The van der Waals surface area contributed by atoms with E-state index in [2.05, 4.69) is 22.9 Å². The van der Waals surface area contributed by atoms with Crippen LogP contribution in [-0.4, -0.2) is 18.7 Å². The molecular formula is C9H16N2O. The predicted octanol–water partition coefficient (Wildman–Crippen LogP) is 1.37. The van der Waals surface area contributed by atoms with Crippen LogP contribution in [0.15, 0.2) is 18.3 Å². The highest BCUT2D eigenvalue weighted by Gasteiger charge is 2.06. The van der Waals surface area contributed by atoms with Crippen molar-refractivity contribution in [1.29, 1.82) is 0 Å². The first-order valence-electron chi connectivity index (χ1n) is 4.10. The van der Waals surface area contributed by atoms with Crippen molar-refractivity contribution < 1.29 is 4.74 Å². The number of rotatable bonds is 4. The third-order valence-corrected chi connectivity index (χ3v) is 2.01. The van der Waals surface area contributed by atoms with Gasteiger partial charge in [0, 0.05) is 25.0 Å². The van der Waals surface area contributed by atoms with Crippen molar-refractivity contribution in [1.82, 2.24) is 9.88 Å². The molecule has 1 atom stereocenters. The van der Waals surface area contributed by atoms with Gasteiger partial charge in [-0.2, -0.15) is 0 Å². The van der Waals surface area contributed by atoms with Crippen molar-refractivity contribution in [3.05, 3.63) is 24.0 Å². The lowest BCUT2D eigenvalue weighted by atomic mass is 10.2. The zero-order valence-corrected chi connectivity index (χ0v) is 7.87. The monoisotopic (exact) mass is 168 g/mol. The van der Waals surface area contributed by atoms with E-state index in [4.69, 9.17) is 4.74 Å². The Morgan fingerprint density at radius 3 is 3.00 bits per heavy atom. The Morgan fingerprint density at radius 2 is 2.42 bits per heavy atom. The minimum absolute atomic E-state index is 0.371. The van der Waals surface area contributed by atoms with Crippen LogP contribution < -0.4 is 5.32 Å². The molecule has 0 aliphatic carbocycles. The Morgan fingerprint density at radius 1 is 1.67 bits per heavy atom. The number of nitrogens with zero attached hydrogens (tertiary/aromatic N) is 1. The number of nitrogens with one attached hydrogen (secondary N) is 1. The molecule has 3 nitrogen and oxygen atoms in total. The summed E-state index contributed by atoms with van der Waals surface area (Å²) >= 11 is 0. The van der Waals surface area contributed by atoms with Gasteiger partial charge in [0.25, 0.3) is 0 Å². The maximum Gasteiger partial charge on any atom is 0.122 e. The van der Waals surface area contributed by atoms with E-state index in [1.807, 2.05) is 19.3 Å². The fourth-order valence-electron chi connectivity index (χ4n) is 1.22. The Bertz CT molecular complexity index is 232. The minimum atomic E-state index is 0.371. The number of hydrogen-bond acceptors (Lipinski definition) is 2. The van der Waals surface area contributed by atoms with Gasteiger partial charge >= 0.3 is 0 Å². The standard InChI is InChI=1S/C9H16N2O/c1-8(10-2)9-5-4-6-11(9)7-12-3/h4-6,8,10H,7H2,1-3H3. The fourth-order valence-corrected chi connectivity index (χ4v) is 1.22. The van der Waals surface area contributed by atoms with Gasteiger partial charge in [-0.1, -0.05) is 0 Å². The molecule has 1 heterocycles. The molecule has 1 aromatic heterocycles. The van der Waals surface area contributed by atoms with Gasteiger partial charge in [-0.15, -0.1) is 0 Å². The van der Waals surface area contributed by atoms with E-state index in [0.717, 1.165) is 0 Å². The molecule has 0 radical (unpaired) electrons. The molecule has 1 aromatic rings. The SMILES string of the molecule is CNC(C)c1cccn1COC. The van der Waals surface area contributed by atoms with Crippen LogP contribution in [0, 0.1) is 0 Å². The van der Waals surface area contributed by atoms with Crippen molar-refractivity contribution >= 4 is 0 Å². The highest BCUT2D eigenvalue weighted by atomic mass is 16.5.